The monoisotopic (exact) mass is 268 g/mol. The van der Waals surface area contributed by atoms with E-state index >= 15 is 0 Å². The highest BCUT2D eigenvalue weighted by Gasteiger charge is 2.22. The van der Waals surface area contributed by atoms with E-state index in [2.05, 4.69) is 54.9 Å². The first-order valence-corrected chi connectivity index (χ1v) is 6.99. The van der Waals surface area contributed by atoms with Crippen molar-refractivity contribution in [2.24, 2.45) is 0 Å². The highest BCUT2D eigenvalue weighted by atomic mass is 16.5. The first-order chi connectivity index (χ1) is 9.01. The van der Waals surface area contributed by atoms with Crippen molar-refractivity contribution in [1.82, 2.24) is 20.0 Å². The maximum atomic E-state index is 5.46. The molecule has 0 saturated heterocycles. The van der Waals surface area contributed by atoms with Crippen LogP contribution in [0.5, 0.6) is 5.75 Å². The summed E-state index contributed by atoms with van der Waals surface area (Å²) in [5, 5.41) is 7.93. The molecule has 0 spiro atoms. The van der Waals surface area contributed by atoms with Crippen molar-refractivity contribution in [2.75, 3.05) is 34.3 Å². The van der Waals surface area contributed by atoms with Crippen LogP contribution in [-0.4, -0.2) is 55.0 Å². The number of likely N-dealkylation sites (N-methyl/N-ethyl adjacent to an activating group) is 2. The largest absolute Gasteiger partial charge is 0.493 e. The van der Waals surface area contributed by atoms with Gasteiger partial charge >= 0.3 is 0 Å². The fourth-order valence-corrected chi connectivity index (χ4v) is 2.20. The third kappa shape index (κ3) is 4.21. The van der Waals surface area contributed by atoms with E-state index < -0.39 is 0 Å². The smallest absolute Gasteiger partial charge is 0.160 e. The summed E-state index contributed by atoms with van der Waals surface area (Å²) >= 11 is 0. The summed E-state index contributed by atoms with van der Waals surface area (Å²) in [6.45, 7) is 9.38. The van der Waals surface area contributed by atoms with E-state index in [-0.39, 0.29) is 0 Å². The van der Waals surface area contributed by atoms with Crippen molar-refractivity contribution in [3.8, 4) is 5.75 Å². The van der Waals surface area contributed by atoms with E-state index in [0.717, 1.165) is 25.4 Å². The number of hydrogen-bond donors (Lipinski definition) is 1. The number of ether oxygens (including phenoxy) is 1. The van der Waals surface area contributed by atoms with Gasteiger partial charge in [-0.05, 0) is 27.6 Å². The second-order valence-corrected chi connectivity index (χ2v) is 5.26. The first-order valence-electron chi connectivity index (χ1n) is 6.99. The zero-order chi connectivity index (χ0) is 14.4. The Hall–Kier alpha value is -1.07. The Morgan fingerprint density at radius 1 is 1.42 bits per heavy atom. The van der Waals surface area contributed by atoms with Crippen LogP contribution in [0.25, 0.3) is 0 Å². The van der Waals surface area contributed by atoms with Crippen LogP contribution in [0, 0.1) is 0 Å². The lowest BCUT2D eigenvalue weighted by molar-refractivity contribution is 0.354. The fourth-order valence-electron chi connectivity index (χ4n) is 2.20. The molecule has 110 valence electrons. The Morgan fingerprint density at radius 3 is 2.63 bits per heavy atom. The zero-order valence-corrected chi connectivity index (χ0v) is 13.1. The van der Waals surface area contributed by atoms with Gasteiger partial charge in [0, 0.05) is 18.5 Å². The van der Waals surface area contributed by atoms with Gasteiger partial charge in [-0.15, -0.1) is 0 Å². The number of aromatic nitrogens is 2. The summed E-state index contributed by atoms with van der Waals surface area (Å²) in [6.07, 6.45) is 1.82. The van der Waals surface area contributed by atoms with Gasteiger partial charge in [0.15, 0.2) is 5.75 Å². The van der Waals surface area contributed by atoms with Gasteiger partial charge in [0.05, 0.1) is 25.5 Å². The van der Waals surface area contributed by atoms with E-state index in [1.54, 1.807) is 7.11 Å². The summed E-state index contributed by atoms with van der Waals surface area (Å²) in [4.78, 5) is 2.16. The summed E-state index contributed by atoms with van der Waals surface area (Å²) in [5.74, 6) is 1.25. The molecular formula is C14H28N4O. The predicted molar refractivity (Wildman–Crippen MR) is 78.9 cm³/mol. The van der Waals surface area contributed by atoms with Gasteiger partial charge in [0.2, 0.25) is 0 Å². The van der Waals surface area contributed by atoms with E-state index in [0.29, 0.717) is 12.0 Å². The second-order valence-electron chi connectivity index (χ2n) is 5.26. The maximum Gasteiger partial charge on any atom is 0.160 e. The number of rotatable bonds is 8. The molecule has 0 fully saturated rings. The van der Waals surface area contributed by atoms with Crippen LogP contribution in [-0.2, 0) is 6.54 Å². The van der Waals surface area contributed by atoms with Crippen molar-refractivity contribution in [3.05, 3.63) is 11.9 Å². The summed E-state index contributed by atoms with van der Waals surface area (Å²) in [6, 6.07) is 0.397. The normalized spacial score (nSPS) is 14.7. The van der Waals surface area contributed by atoms with Gasteiger partial charge in [0.25, 0.3) is 0 Å². The molecule has 0 aromatic carbocycles. The molecule has 1 aromatic rings. The number of methoxy groups -OCH3 is 1. The van der Waals surface area contributed by atoms with Crippen molar-refractivity contribution in [2.45, 2.75) is 39.3 Å². The molecule has 2 atom stereocenters. The third-order valence-electron chi connectivity index (χ3n) is 3.53. The molecule has 0 amide bonds. The molecule has 1 heterocycles. The summed E-state index contributed by atoms with van der Waals surface area (Å²) in [5.41, 5.74) is 1.18. The SMILES string of the molecule is CCNC(C)C(C)c1c(OC)cnn1CCN(C)C. The molecule has 19 heavy (non-hydrogen) atoms. The lowest BCUT2D eigenvalue weighted by Gasteiger charge is -2.23. The van der Waals surface area contributed by atoms with Gasteiger partial charge in [0.1, 0.15) is 0 Å². The van der Waals surface area contributed by atoms with Gasteiger partial charge < -0.3 is 15.0 Å². The molecule has 1 rings (SSSR count). The highest BCUT2D eigenvalue weighted by molar-refractivity contribution is 5.29. The average Bonchev–Trinajstić information content (AvgIpc) is 2.78. The molecule has 1 aromatic heterocycles. The van der Waals surface area contributed by atoms with Gasteiger partial charge in [-0.25, -0.2) is 0 Å². The fraction of sp³-hybridized carbons (Fsp3) is 0.786. The van der Waals surface area contributed by atoms with E-state index in [1.807, 2.05) is 6.20 Å². The van der Waals surface area contributed by atoms with Crippen LogP contribution < -0.4 is 10.1 Å². The minimum atomic E-state index is 0.361. The second kappa shape index (κ2) is 7.50. The molecule has 0 bridgehead atoms. The van der Waals surface area contributed by atoms with E-state index in [9.17, 15) is 0 Å². The summed E-state index contributed by atoms with van der Waals surface area (Å²) < 4.78 is 7.52. The number of hydrogen-bond acceptors (Lipinski definition) is 4. The Morgan fingerprint density at radius 2 is 2.11 bits per heavy atom. The van der Waals surface area contributed by atoms with Crippen molar-refractivity contribution >= 4 is 0 Å². The zero-order valence-electron chi connectivity index (χ0n) is 13.1. The Balaban J connectivity index is 2.91. The highest BCUT2D eigenvalue weighted by Crippen LogP contribution is 2.28. The molecule has 5 heteroatoms. The Bertz CT molecular complexity index is 376. The molecule has 5 nitrogen and oxygen atoms in total. The molecule has 0 saturated carbocycles. The Labute approximate surface area is 116 Å². The quantitative estimate of drug-likeness (QED) is 0.777. The van der Waals surface area contributed by atoms with Crippen LogP contribution in [0.15, 0.2) is 6.20 Å². The van der Waals surface area contributed by atoms with Crippen LogP contribution in [0.2, 0.25) is 0 Å². The minimum absolute atomic E-state index is 0.361. The molecule has 1 N–H and O–H groups in total. The molecule has 0 aliphatic carbocycles. The average molecular weight is 268 g/mol. The maximum absolute atomic E-state index is 5.46. The van der Waals surface area contributed by atoms with Gasteiger partial charge in [-0.1, -0.05) is 13.8 Å². The van der Waals surface area contributed by atoms with Crippen LogP contribution in [0.4, 0.5) is 0 Å². The Kier molecular flexibility index (Phi) is 6.31. The van der Waals surface area contributed by atoms with Gasteiger partial charge in [-0.2, -0.15) is 5.10 Å². The molecule has 0 aliphatic rings. The summed E-state index contributed by atoms with van der Waals surface area (Å²) in [7, 11) is 5.86. The lowest BCUT2D eigenvalue weighted by atomic mass is 9.99. The molecule has 0 radical (unpaired) electrons. The molecule has 2 unspecified atom stereocenters. The third-order valence-corrected chi connectivity index (χ3v) is 3.53. The van der Waals surface area contributed by atoms with Crippen molar-refractivity contribution in [1.29, 1.82) is 0 Å². The van der Waals surface area contributed by atoms with Crippen molar-refractivity contribution in [3.63, 3.8) is 0 Å². The number of nitrogens with one attached hydrogen (secondary N) is 1. The van der Waals surface area contributed by atoms with E-state index in [1.165, 1.54) is 5.69 Å². The van der Waals surface area contributed by atoms with Crippen molar-refractivity contribution < 1.29 is 4.74 Å². The first kappa shape index (κ1) is 16.0. The standard InChI is InChI=1S/C14H28N4O/c1-7-15-12(3)11(2)14-13(19-6)10-16-18(14)9-8-17(4)5/h10-12,15H,7-9H2,1-6H3. The van der Waals surface area contributed by atoms with Crippen LogP contribution in [0.1, 0.15) is 32.4 Å². The van der Waals surface area contributed by atoms with Gasteiger partial charge in [-0.3, -0.25) is 4.68 Å². The van der Waals surface area contributed by atoms with Crippen LogP contribution >= 0.6 is 0 Å². The lowest BCUT2D eigenvalue weighted by Crippen LogP contribution is -2.32. The van der Waals surface area contributed by atoms with Crippen LogP contribution in [0.3, 0.4) is 0 Å². The topological polar surface area (TPSA) is 42.3 Å². The minimum Gasteiger partial charge on any atom is -0.493 e. The van der Waals surface area contributed by atoms with E-state index in [4.69, 9.17) is 4.74 Å². The molecular weight excluding hydrogens is 240 g/mol. The number of nitrogens with zero attached hydrogens (tertiary/aromatic N) is 3. The molecule has 0 aliphatic heterocycles. The predicted octanol–water partition coefficient (Wildman–Crippen LogP) is 1.55.